The lowest BCUT2D eigenvalue weighted by Crippen LogP contribution is -3.06. The first kappa shape index (κ1) is 12.7. The summed E-state index contributed by atoms with van der Waals surface area (Å²) in [5, 5.41) is 1.09. The Labute approximate surface area is 107 Å². The minimum Gasteiger partial charge on any atom is -0.346 e. The number of nitrogens with zero attached hydrogens (tertiary/aromatic N) is 2. The number of likely N-dealkylation sites (N-methyl/N-ethyl adjacent to an activating group) is 1. The quantitative estimate of drug-likeness (QED) is 0.622. The molecule has 5 heteroatoms. The van der Waals surface area contributed by atoms with Gasteiger partial charge in [0.15, 0.2) is 0 Å². The maximum atomic E-state index is 4.46. The van der Waals surface area contributed by atoms with E-state index in [-0.39, 0.29) is 0 Å². The van der Waals surface area contributed by atoms with Gasteiger partial charge >= 0.3 is 0 Å². The molecule has 0 amide bonds. The average Bonchev–Trinajstić information content (AvgIpc) is 2.74. The van der Waals surface area contributed by atoms with Gasteiger partial charge in [0.1, 0.15) is 24.7 Å². The molecule has 0 aliphatic carbocycles. The first-order chi connectivity index (χ1) is 8.58. The van der Waals surface area contributed by atoms with Crippen LogP contribution in [0.2, 0.25) is 0 Å². The molecule has 0 atom stereocenters. The van der Waals surface area contributed by atoms with E-state index in [1.165, 1.54) is 15.4 Å². The van der Waals surface area contributed by atoms with E-state index in [1.807, 2.05) is 12.3 Å². The lowest BCUT2D eigenvalue weighted by Gasteiger charge is -2.12. The molecule has 0 unspecified atom stereocenters. The van der Waals surface area contributed by atoms with Gasteiger partial charge in [0.2, 0.25) is 0 Å². The summed E-state index contributed by atoms with van der Waals surface area (Å²) in [7, 11) is 8.52. The van der Waals surface area contributed by atoms with Gasteiger partial charge in [-0.3, -0.25) is 0 Å². The van der Waals surface area contributed by atoms with Crippen LogP contribution in [0.25, 0.3) is 16.6 Å². The molecule has 2 aromatic heterocycles. The molecular formula is C13H21N5+2. The molecular weight excluding hydrogens is 226 g/mol. The van der Waals surface area contributed by atoms with Gasteiger partial charge < -0.3 is 14.8 Å². The normalized spacial score (nSPS) is 12.9. The monoisotopic (exact) mass is 247 g/mol. The maximum Gasteiger partial charge on any atom is 0.141 e. The second-order valence-electron chi connectivity index (χ2n) is 5.09. The van der Waals surface area contributed by atoms with Gasteiger partial charge in [-0.2, -0.15) is 0 Å². The molecule has 0 aromatic carbocycles. The highest BCUT2D eigenvalue weighted by Crippen LogP contribution is 2.18. The first-order valence-corrected chi connectivity index (χ1v) is 6.16. The SMILES string of the molecule is C[NH+](C)/C=C(/C[NH+](C)C)c1ncnc2[nH]ccc12. The van der Waals surface area contributed by atoms with Crippen molar-refractivity contribution in [3.63, 3.8) is 0 Å². The number of fused-ring (bicyclic) bond motifs is 1. The van der Waals surface area contributed by atoms with Crippen molar-refractivity contribution in [2.24, 2.45) is 0 Å². The molecule has 0 aliphatic heterocycles. The molecule has 96 valence electrons. The molecule has 5 nitrogen and oxygen atoms in total. The minimum atomic E-state index is 0.897. The summed E-state index contributed by atoms with van der Waals surface area (Å²) in [6.45, 7) is 0.947. The highest BCUT2D eigenvalue weighted by atomic mass is 15.1. The smallest absolute Gasteiger partial charge is 0.141 e. The lowest BCUT2D eigenvalue weighted by atomic mass is 10.1. The highest BCUT2D eigenvalue weighted by Gasteiger charge is 2.14. The van der Waals surface area contributed by atoms with Crippen LogP contribution in [0.1, 0.15) is 5.69 Å². The van der Waals surface area contributed by atoms with Crippen LogP contribution in [0.15, 0.2) is 24.8 Å². The summed E-state index contributed by atoms with van der Waals surface area (Å²) in [6, 6.07) is 2.04. The van der Waals surface area contributed by atoms with Crippen LogP contribution in [0.3, 0.4) is 0 Å². The summed E-state index contributed by atoms with van der Waals surface area (Å²) in [5.74, 6) is 0. The maximum absolute atomic E-state index is 4.46. The number of H-pyrrole nitrogens is 1. The van der Waals surface area contributed by atoms with Crippen molar-refractivity contribution in [2.45, 2.75) is 0 Å². The molecule has 0 aliphatic rings. The molecule has 2 rings (SSSR count). The molecule has 2 heterocycles. The second-order valence-corrected chi connectivity index (χ2v) is 5.09. The second kappa shape index (κ2) is 5.29. The highest BCUT2D eigenvalue weighted by molar-refractivity contribution is 5.87. The standard InChI is InChI=1S/C13H19N5/c1-17(2)7-10(8-18(3)4)12-11-5-6-14-13(11)16-9-15-12/h5-7,9H,8H2,1-4H3,(H,14,15,16)/p+2/b10-7-. The van der Waals surface area contributed by atoms with Gasteiger partial charge in [-0.1, -0.05) is 0 Å². The van der Waals surface area contributed by atoms with E-state index in [0.717, 1.165) is 23.3 Å². The largest absolute Gasteiger partial charge is 0.346 e. The molecule has 0 saturated carbocycles. The van der Waals surface area contributed by atoms with Crippen LogP contribution >= 0.6 is 0 Å². The van der Waals surface area contributed by atoms with E-state index in [0.29, 0.717) is 0 Å². The molecule has 18 heavy (non-hydrogen) atoms. The van der Waals surface area contributed by atoms with Crippen molar-refractivity contribution in [1.82, 2.24) is 15.0 Å². The Hall–Kier alpha value is -1.72. The Morgan fingerprint density at radius 1 is 1.28 bits per heavy atom. The first-order valence-electron chi connectivity index (χ1n) is 6.16. The number of aromatic nitrogens is 3. The van der Waals surface area contributed by atoms with Crippen LogP contribution in [-0.4, -0.2) is 49.7 Å². The fraction of sp³-hybridized carbons (Fsp3) is 0.385. The average molecular weight is 247 g/mol. The number of rotatable bonds is 4. The summed E-state index contributed by atoms with van der Waals surface area (Å²) >= 11 is 0. The lowest BCUT2D eigenvalue weighted by molar-refractivity contribution is -0.851. The zero-order chi connectivity index (χ0) is 13.1. The van der Waals surface area contributed by atoms with E-state index in [1.54, 1.807) is 6.33 Å². The Morgan fingerprint density at radius 2 is 2.06 bits per heavy atom. The number of aromatic amines is 1. The third-order valence-corrected chi connectivity index (χ3v) is 2.67. The van der Waals surface area contributed by atoms with Crippen LogP contribution in [0.4, 0.5) is 0 Å². The Morgan fingerprint density at radius 3 is 2.72 bits per heavy atom. The fourth-order valence-electron chi connectivity index (χ4n) is 2.06. The molecule has 0 fully saturated rings. The molecule has 0 radical (unpaired) electrons. The number of nitrogens with one attached hydrogen (secondary N) is 3. The van der Waals surface area contributed by atoms with Gasteiger partial charge in [-0.25, -0.2) is 9.97 Å². The zero-order valence-electron chi connectivity index (χ0n) is 11.4. The van der Waals surface area contributed by atoms with Gasteiger partial charge in [0.05, 0.1) is 39.5 Å². The van der Waals surface area contributed by atoms with E-state index >= 15 is 0 Å². The van der Waals surface area contributed by atoms with Crippen molar-refractivity contribution >= 4 is 16.6 Å². The Balaban J connectivity index is 2.50. The van der Waals surface area contributed by atoms with Crippen LogP contribution < -0.4 is 9.80 Å². The van der Waals surface area contributed by atoms with Crippen molar-refractivity contribution in [3.8, 4) is 0 Å². The molecule has 0 saturated heterocycles. The van der Waals surface area contributed by atoms with Crippen LogP contribution in [-0.2, 0) is 0 Å². The van der Waals surface area contributed by atoms with Crippen LogP contribution in [0, 0.1) is 0 Å². The predicted molar refractivity (Wildman–Crippen MR) is 72.4 cm³/mol. The third kappa shape index (κ3) is 2.75. The van der Waals surface area contributed by atoms with Gasteiger partial charge in [0, 0.05) is 11.6 Å². The Kier molecular flexibility index (Phi) is 3.74. The van der Waals surface area contributed by atoms with Gasteiger partial charge in [-0.15, -0.1) is 0 Å². The Bertz CT molecular complexity index is 553. The van der Waals surface area contributed by atoms with Crippen molar-refractivity contribution < 1.29 is 9.80 Å². The summed E-state index contributed by atoms with van der Waals surface area (Å²) < 4.78 is 0. The van der Waals surface area contributed by atoms with E-state index < -0.39 is 0 Å². The molecule has 0 spiro atoms. The molecule has 0 bridgehead atoms. The fourth-order valence-corrected chi connectivity index (χ4v) is 2.06. The van der Waals surface area contributed by atoms with Crippen molar-refractivity contribution in [2.75, 3.05) is 34.7 Å². The molecule has 3 N–H and O–H groups in total. The van der Waals surface area contributed by atoms with E-state index in [2.05, 4.69) is 49.3 Å². The van der Waals surface area contributed by atoms with Crippen molar-refractivity contribution in [1.29, 1.82) is 0 Å². The third-order valence-electron chi connectivity index (χ3n) is 2.67. The number of quaternary nitrogens is 2. The number of hydrogen-bond acceptors (Lipinski definition) is 2. The summed E-state index contributed by atoms with van der Waals surface area (Å²) in [5.41, 5.74) is 3.18. The van der Waals surface area contributed by atoms with E-state index in [9.17, 15) is 0 Å². The zero-order valence-corrected chi connectivity index (χ0v) is 11.4. The van der Waals surface area contributed by atoms with Gasteiger partial charge in [0.25, 0.3) is 0 Å². The summed E-state index contributed by atoms with van der Waals surface area (Å²) in [6.07, 6.45) is 5.74. The van der Waals surface area contributed by atoms with Crippen LogP contribution in [0.5, 0.6) is 0 Å². The van der Waals surface area contributed by atoms with Gasteiger partial charge in [-0.05, 0) is 6.07 Å². The minimum absolute atomic E-state index is 0.897. The topological polar surface area (TPSA) is 50.5 Å². The molecule has 2 aromatic rings. The predicted octanol–water partition coefficient (Wildman–Crippen LogP) is -1.41. The van der Waals surface area contributed by atoms with E-state index in [4.69, 9.17) is 0 Å². The summed E-state index contributed by atoms with van der Waals surface area (Å²) in [4.78, 5) is 14.5. The number of hydrogen-bond donors (Lipinski definition) is 3. The van der Waals surface area contributed by atoms with Crippen molar-refractivity contribution in [3.05, 3.63) is 30.5 Å².